The van der Waals surface area contributed by atoms with Crippen LogP contribution in [0.4, 0.5) is 0 Å². The van der Waals surface area contributed by atoms with E-state index in [-0.39, 0.29) is 11.6 Å². The minimum absolute atomic E-state index is 0.168. The van der Waals surface area contributed by atoms with Crippen LogP contribution in [0.1, 0.15) is 34.1 Å². The molecule has 0 aliphatic carbocycles. The first-order valence-electron chi connectivity index (χ1n) is 11.8. The number of carbonyl (C=O) groups excluding carboxylic acids is 2. The maximum Gasteiger partial charge on any atom is 0.349 e. The standard InChI is InChI=1S/C29H31N3O4/c1-21-16-25(22(2)32(21)14-15-35-3)18-26(19-30)29(34)36-20-28(33)31-27(24-12-8-5-9-13-24)17-23-10-6-4-7-11-23/h4-13,16,18,27H,14-15,17,20H2,1-3H3,(H,31,33)/b26-18+. The second-order valence-corrected chi connectivity index (χ2v) is 8.44. The Kier molecular flexibility index (Phi) is 9.61. The largest absolute Gasteiger partial charge is 0.451 e. The Labute approximate surface area is 212 Å². The molecule has 186 valence electrons. The van der Waals surface area contributed by atoms with E-state index in [0.29, 0.717) is 19.6 Å². The van der Waals surface area contributed by atoms with E-state index in [1.807, 2.05) is 86.6 Å². The van der Waals surface area contributed by atoms with Crippen LogP contribution in [0, 0.1) is 25.2 Å². The van der Waals surface area contributed by atoms with Gasteiger partial charge in [0.1, 0.15) is 11.6 Å². The number of aryl methyl sites for hydroxylation is 1. The first-order chi connectivity index (χ1) is 17.4. The fraction of sp³-hybridized carbons (Fsp3) is 0.276. The lowest BCUT2D eigenvalue weighted by molar-refractivity contribution is -0.144. The Hall–Kier alpha value is -4.15. The van der Waals surface area contributed by atoms with Gasteiger partial charge in [0.15, 0.2) is 6.61 Å². The van der Waals surface area contributed by atoms with Crippen molar-refractivity contribution in [3.63, 3.8) is 0 Å². The van der Waals surface area contributed by atoms with Gasteiger partial charge in [0, 0.05) is 25.0 Å². The Morgan fingerprint density at radius 2 is 1.75 bits per heavy atom. The predicted molar refractivity (Wildman–Crippen MR) is 138 cm³/mol. The summed E-state index contributed by atoms with van der Waals surface area (Å²) in [5.74, 6) is -1.28. The molecule has 3 aromatic rings. The highest BCUT2D eigenvalue weighted by molar-refractivity contribution is 5.99. The summed E-state index contributed by atoms with van der Waals surface area (Å²) in [6, 6.07) is 23.0. The summed E-state index contributed by atoms with van der Waals surface area (Å²) in [6.07, 6.45) is 2.08. The van der Waals surface area contributed by atoms with Gasteiger partial charge in [-0.05, 0) is 49.1 Å². The SMILES string of the molecule is COCCn1c(C)cc(/C=C(\C#N)C(=O)OCC(=O)NC(Cc2ccccc2)c2ccccc2)c1C. The number of hydrogen-bond acceptors (Lipinski definition) is 5. The van der Waals surface area contributed by atoms with E-state index in [0.717, 1.165) is 28.1 Å². The third-order valence-electron chi connectivity index (χ3n) is 5.93. The molecule has 0 aliphatic rings. The minimum Gasteiger partial charge on any atom is -0.451 e. The number of nitrogens with zero attached hydrogens (tertiary/aromatic N) is 2. The van der Waals surface area contributed by atoms with Crippen molar-refractivity contribution >= 4 is 18.0 Å². The maximum absolute atomic E-state index is 12.7. The summed E-state index contributed by atoms with van der Waals surface area (Å²) in [5, 5.41) is 12.5. The van der Waals surface area contributed by atoms with Crippen LogP contribution in [0.3, 0.4) is 0 Å². The van der Waals surface area contributed by atoms with E-state index < -0.39 is 18.5 Å². The Morgan fingerprint density at radius 3 is 2.39 bits per heavy atom. The van der Waals surface area contributed by atoms with Gasteiger partial charge >= 0.3 is 5.97 Å². The molecule has 0 aliphatic heterocycles. The molecular weight excluding hydrogens is 454 g/mol. The second-order valence-electron chi connectivity index (χ2n) is 8.44. The van der Waals surface area contributed by atoms with Crippen molar-refractivity contribution < 1.29 is 19.1 Å². The topological polar surface area (TPSA) is 93.3 Å². The van der Waals surface area contributed by atoms with Gasteiger partial charge < -0.3 is 19.4 Å². The molecule has 1 N–H and O–H groups in total. The van der Waals surface area contributed by atoms with Crippen LogP contribution < -0.4 is 5.32 Å². The molecular formula is C29H31N3O4. The number of hydrogen-bond donors (Lipinski definition) is 1. The van der Waals surface area contributed by atoms with Crippen LogP contribution in [0.5, 0.6) is 0 Å². The van der Waals surface area contributed by atoms with E-state index in [4.69, 9.17) is 9.47 Å². The molecule has 7 nitrogen and oxygen atoms in total. The second kappa shape index (κ2) is 13.1. The Morgan fingerprint density at radius 1 is 1.08 bits per heavy atom. The molecule has 0 bridgehead atoms. The molecule has 0 saturated heterocycles. The van der Waals surface area contributed by atoms with Crippen LogP contribution in [0.25, 0.3) is 6.08 Å². The third kappa shape index (κ3) is 7.17. The molecule has 2 aromatic carbocycles. The normalized spacial score (nSPS) is 12.0. The number of benzene rings is 2. The van der Waals surface area contributed by atoms with Gasteiger partial charge in [0.2, 0.25) is 0 Å². The molecule has 1 atom stereocenters. The third-order valence-corrected chi connectivity index (χ3v) is 5.93. The lowest BCUT2D eigenvalue weighted by Gasteiger charge is -2.19. The number of amides is 1. The van der Waals surface area contributed by atoms with Crippen LogP contribution >= 0.6 is 0 Å². The van der Waals surface area contributed by atoms with Crippen molar-refractivity contribution in [1.82, 2.24) is 9.88 Å². The zero-order valence-electron chi connectivity index (χ0n) is 20.9. The predicted octanol–water partition coefficient (Wildman–Crippen LogP) is 4.30. The number of carbonyl (C=O) groups is 2. The highest BCUT2D eigenvalue weighted by atomic mass is 16.5. The van der Waals surface area contributed by atoms with Gasteiger partial charge in [-0.1, -0.05) is 60.7 Å². The van der Waals surface area contributed by atoms with Crippen molar-refractivity contribution in [3.8, 4) is 6.07 Å². The fourth-order valence-corrected chi connectivity index (χ4v) is 4.03. The van der Waals surface area contributed by atoms with E-state index >= 15 is 0 Å². The zero-order valence-corrected chi connectivity index (χ0v) is 20.9. The molecule has 0 spiro atoms. The first kappa shape index (κ1) is 26.5. The summed E-state index contributed by atoms with van der Waals surface area (Å²) in [4.78, 5) is 25.3. The van der Waals surface area contributed by atoms with Crippen LogP contribution in [0.15, 0.2) is 72.3 Å². The van der Waals surface area contributed by atoms with Crippen molar-refractivity contribution in [2.24, 2.45) is 0 Å². The van der Waals surface area contributed by atoms with Crippen molar-refractivity contribution in [2.75, 3.05) is 20.3 Å². The quantitative estimate of drug-likeness (QED) is 0.248. The minimum atomic E-state index is -0.839. The number of nitrogens with one attached hydrogen (secondary N) is 1. The van der Waals surface area contributed by atoms with Gasteiger partial charge in [0.05, 0.1) is 12.6 Å². The van der Waals surface area contributed by atoms with Crippen LogP contribution in [0.2, 0.25) is 0 Å². The van der Waals surface area contributed by atoms with Gasteiger partial charge in [0.25, 0.3) is 5.91 Å². The number of ether oxygens (including phenoxy) is 2. The first-order valence-corrected chi connectivity index (χ1v) is 11.8. The summed E-state index contributed by atoms with van der Waals surface area (Å²) < 4.78 is 12.4. The highest BCUT2D eigenvalue weighted by Gasteiger charge is 2.19. The smallest absolute Gasteiger partial charge is 0.349 e. The number of esters is 1. The molecule has 36 heavy (non-hydrogen) atoms. The van der Waals surface area contributed by atoms with Gasteiger partial charge in [-0.2, -0.15) is 5.26 Å². The van der Waals surface area contributed by atoms with E-state index in [1.165, 1.54) is 6.08 Å². The average molecular weight is 486 g/mol. The average Bonchev–Trinajstić information content (AvgIpc) is 3.16. The lowest BCUT2D eigenvalue weighted by atomic mass is 9.99. The lowest BCUT2D eigenvalue weighted by Crippen LogP contribution is -2.33. The van der Waals surface area contributed by atoms with Gasteiger partial charge in [-0.25, -0.2) is 4.79 Å². The molecule has 0 saturated carbocycles. The molecule has 1 unspecified atom stereocenters. The maximum atomic E-state index is 12.7. The summed E-state index contributed by atoms with van der Waals surface area (Å²) >= 11 is 0. The monoisotopic (exact) mass is 485 g/mol. The summed E-state index contributed by atoms with van der Waals surface area (Å²) in [6.45, 7) is 4.60. The molecule has 0 radical (unpaired) electrons. The molecule has 7 heteroatoms. The number of nitriles is 1. The van der Waals surface area contributed by atoms with Gasteiger partial charge in [-0.3, -0.25) is 4.79 Å². The highest BCUT2D eigenvalue weighted by Crippen LogP contribution is 2.20. The van der Waals surface area contributed by atoms with Crippen LogP contribution in [-0.4, -0.2) is 36.8 Å². The number of methoxy groups -OCH3 is 1. The van der Waals surface area contributed by atoms with E-state index in [9.17, 15) is 14.9 Å². The van der Waals surface area contributed by atoms with Crippen molar-refractivity contribution in [3.05, 3.63) is 100 Å². The van der Waals surface area contributed by atoms with Crippen molar-refractivity contribution in [2.45, 2.75) is 32.9 Å². The van der Waals surface area contributed by atoms with Crippen LogP contribution in [-0.2, 0) is 32.0 Å². The molecule has 3 rings (SSSR count). The number of aromatic nitrogens is 1. The fourth-order valence-electron chi connectivity index (χ4n) is 4.03. The Balaban J connectivity index is 1.66. The molecule has 1 aromatic heterocycles. The molecule has 1 heterocycles. The number of rotatable bonds is 11. The van der Waals surface area contributed by atoms with Crippen molar-refractivity contribution in [1.29, 1.82) is 5.26 Å². The van der Waals surface area contributed by atoms with Gasteiger partial charge in [-0.15, -0.1) is 0 Å². The summed E-state index contributed by atoms with van der Waals surface area (Å²) in [5.41, 5.74) is 4.50. The van der Waals surface area contributed by atoms with E-state index in [2.05, 4.69) is 9.88 Å². The Bertz CT molecular complexity index is 1240. The summed E-state index contributed by atoms with van der Waals surface area (Å²) in [7, 11) is 1.64. The zero-order chi connectivity index (χ0) is 25.9. The molecule has 1 amide bonds. The molecule has 0 fully saturated rings. The van der Waals surface area contributed by atoms with E-state index in [1.54, 1.807) is 7.11 Å².